The Kier molecular flexibility index (Phi) is 6.32. The van der Waals surface area contributed by atoms with Crippen LogP contribution in [0.5, 0.6) is 0 Å². The third-order valence-electron chi connectivity index (χ3n) is 4.88. The van der Waals surface area contributed by atoms with Crippen molar-refractivity contribution in [3.8, 4) is 0 Å². The van der Waals surface area contributed by atoms with Crippen molar-refractivity contribution in [2.24, 2.45) is 11.0 Å². The highest BCUT2D eigenvalue weighted by Gasteiger charge is 2.28. The second-order valence-corrected chi connectivity index (χ2v) is 6.62. The van der Waals surface area contributed by atoms with Crippen LogP contribution in [0, 0.1) is 5.92 Å². The number of hydrogen-bond donors (Lipinski definition) is 1. The lowest BCUT2D eigenvalue weighted by Gasteiger charge is -2.39. The highest BCUT2D eigenvalue weighted by Crippen LogP contribution is 2.22. The molecule has 5 nitrogen and oxygen atoms in total. The number of hydrogen-bond acceptors (Lipinski definition) is 3. The van der Waals surface area contributed by atoms with Crippen LogP contribution >= 0.6 is 0 Å². The average molecular weight is 335 g/mol. The molecule has 0 radical (unpaired) electrons. The molecule has 0 unspecified atom stereocenters. The fraction of sp³-hybridized carbons (Fsp3) is 0.400. The fourth-order valence-corrected chi connectivity index (χ4v) is 3.51. The van der Waals surface area contributed by atoms with Gasteiger partial charge in [0.25, 0.3) is 0 Å². The second kappa shape index (κ2) is 9.11. The zero-order valence-corrected chi connectivity index (χ0v) is 14.5. The summed E-state index contributed by atoms with van der Waals surface area (Å²) in [5.74, 6) is 0.334. The standard InChI is InChI=1S/C20H25N5/c21-24-22-15-18-16-25(13-11-17-7-3-1-4-8-17)14-12-20(18)23-19-9-5-2-6-10-19/h1-10,18,20,23H,11-16H2/t18-,20-/m1/s1. The van der Waals surface area contributed by atoms with E-state index in [1.54, 1.807) is 0 Å². The van der Waals surface area contributed by atoms with Gasteiger partial charge in [0.2, 0.25) is 0 Å². The first-order valence-electron chi connectivity index (χ1n) is 8.94. The monoisotopic (exact) mass is 335 g/mol. The van der Waals surface area contributed by atoms with Gasteiger partial charge < -0.3 is 10.2 Å². The summed E-state index contributed by atoms with van der Waals surface area (Å²) in [6.07, 6.45) is 2.13. The number of benzene rings is 2. The van der Waals surface area contributed by atoms with Crippen LogP contribution in [0.25, 0.3) is 10.4 Å². The Morgan fingerprint density at radius 1 is 1.08 bits per heavy atom. The van der Waals surface area contributed by atoms with E-state index in [9.17, 15) is 0 Å². The Morgan fingerprint density at radius 3 is 2.52 bits per heavy atom. The van der Waals surface area contributed by atoms with Crippen LogP contribution in [0.4, 0.5) is 5.69 Å². The molecule has 1 aliphatic heterocycles. The Balaban J connectivity index is 1.58. The topological polar surface area (TPSA) is 64.0 Å². The van der Waals surface area contributed by atoms with Crippen LogP contribution < -0.4 is 5.32 Å². The predicted octanol–water partition coefficient (Wildman–Crippen LogP) is 4.34. The molecule has 1 saturated heterocycles. The number of nitrogens with zero attached hydrogens (tertiary/aromatic N) is 4. The molecule has 0 saturated carbocycles. The number of nitrogens with one attached hydrogen (secondary N) is 1. The fourth-order valence-electron chi connectivity index (χ4n) is 3.51. The number of likely N-dealkylation sites (tertiary alicyclic amines) is 1. The number of azide groups is 1. The second-order valence-electron chi connectivity index (χ2n) is 6.62. The molecule has 0 amide bonds. The molecule has 0 aliphatic carbocycles. The number of para-hydroxylation sites is 1. The summed E-state index contributed by atoms with van der Waals surface area (Å²) in [5, 5.41) is 7.48. The van der Waals surface area contributed by atoms with Gasteiger partial charge in [0, 0.05) is 42.8 Å². The zero-order valence-electron chi connectivity index (χ0n) is 14.5. The van der Waals surface area contributed by atoms with Crippen LogP contribution in [0.2, 0.25) is 0 Å². The smallest absolute Gasteiger partial charge is 0.0342 e. The van der Waals surface area contributed by atoms with E-state index in [0.717, 1.165) is 38.2 Å². The number of piperidine rings is 1. The molecule has 0 aromatic heterocycles. The number of anilines is 1. The number of rotatable bonds is 7. The van der Waals surface area contributed by atoms with E-state index in [1.807, 2.05) is 18.2 Å². The van der Waals surface area contributed by atoms with Gasteiger partial charge in [-0.25, -0.2) is 0 Å². The first-order chi connectivity index (χ1) is 12.3. The van der Waals surface area contributed by atoms with Crippen LogP contribution in [0.3, 0.4) is 0 Å². The summed E-state index contributed by atoms with van der Waals surface area (Å²) < 4.78 is 0. The molecule has 1 heterocycles. The normalized spacial score (nSPS) is 20.6. The molecule has 2 aromatic rings. The van der Waals surface area contributed by atoms with Gasteiger partial charge in [-0.3, -0.25) is 0 Å². The minimum atomic E-state index is 0.334. The summed E-state index contributed by atoms with van der Waals surface area (Å²) in [6, 6.07) is 21.2. The molecule has 2 aromatic carbocycles. The van der Waals surface area contributed by atoms with Gasteiger partial charge >= 0.3 is 0 Å². The van der Waals surface area contributed by atoms with E-state index < -0.39 is 0 Å². The zero-order chi connectivity index (χ0) is 17.3. The van der Waals surface area contributed by atoms with Crippen molar-refractivity contribution in [2.75, 3.05) is 31.5 Å². The molecule has 25 heavy (non-hydrogen) atoms. The predicted molar refractivity (Wildman–Crippen MR) is 103 cm³/mol. The van der Waals surface area contributed by atoms with Gasteiger partial charge in [-0.05, 0) is 42.0 Å². The molecule has 0 bridgehead atoms. The van der Waals surface area contributed by atoms with Crippen LogP contribution in [0.15, 0.2) is 65.8 Å². The van der Waals surface area contributed by atoms with Gasteiger partial charge in [0.05, 0.1) is 0 Å². The van der Waals surface area contributed by atoms with Crippen LogP contribution in [-0.4, -0.2) is 37.1 Å². The van der Waals surface area contributed by atoms with Gasteiger partial charge in [-0.15, -0.1) is 0 Å². The summed E-state index contributed by atoms with van der Waals surface area (Å²) in [6.45, 7) is 3.64. The van der Waals surface area contributed by atoms with E-state index >= 15 is 0 Å². The van der Waals surface area contributed by atoms with Crippen molar-refractivity contribution >= 4 is 5.69 Å². The largest absolute Gasteiger partial charge is 0.382 e. The quantitative estimate of drug-likeness (QED) is 0.465. The minimum Gasteiger partial charge on any atom is -0.382 e. The van der Waals surface area contributed by atoms with Gasteiger partial charge in [-0.1, -0.05) is 53.6 Å². The van der Waals surface area contributed by atoms with Crippen LogP contribution in [-0.2, 0) is 6.42 Å². The third-order valence-corrected chi connectivity index (χ3v) is 4.88. The molecule has 130 valence electrons. The summed E-state index contributed by atoms with van der Waals surface area (Å²) >= 11 is 0. The van der Waals surface area contributed by atoms with Gasteiger partial charge in [0.15, 0.2) is 0 Å². The molecule has 2 atom stereocenters. The lowest BCUT2D eigenvalue weighted by Crippen LogP contribution is -2.48. The molecule has 1 aliphatic rings. The molecule has 0 spiro atoms. The van der Waals surface area contributed by atoms with Crippen molar-refractivity contribution in [1.82, 2.24) is 4.90 Å². The van der Waals surface area contributed by atoms with Crippen molar-refractivity contribution in [2.45, 2.75) is 18.9 Å². The van der Waals surface area contributed by atoms with Crippen molar-refractivity contribution in [3.05, 3.63) is 76.7 Å². The summed E-state index contributed by atoms with van der Waals surface area (Å²) in [5.41, 5.74) is 11.2. The summed E-state index contributed by atoms with van der Waals surface area (Å²) in [7, 11) is 0. The Bertz CT molecular complexity index is 682. The SMILES string of the molecule is [N-]=[N+]=NC[C@@H]1CN(CCc2ccccc2)CC[C@H]1Nc1ccccc1. The molecular formula is C20H25N5. The lowest BCUT2D eigenvalue weighted by molar-refractivity contribution is 0.167. The molecule has 1 N–H and O–H groups in total. The maximum absolute atomic E-state index is 8.72. The highest BCUT2D eigenvalue weighted by atomic mass is 15.2. The molecular weight excluding hydrogens is 310 g/mol. The van der Waals surface area contributed by atoms with E-state index in [-0.39, 0.29) is 0 Å². The first kappa shape index (κ1) is 17.3. The third kappa shape index (κ3) is 5.24. The van der Waals surface area contributed by atoms with E-state index in [1.165, 1.54) is 5.56 Å². The van der Waals surface area contributed by atoms with Crippen molar-refractivity contribution in [3.63, 3.8) is 0 Å². The lowest BCUT2D eigenvalue weighted by atomic mass is 9.91. The maximum Gasteiger partial charge on any atom is 0.0342 e. The molecule has 5 heteroatoms. The van der Waals surface area contributed by atoms with Crippen molar-refractivity contribution < 1.29 is 0 Å². The first-order valence-corrected chi connectivity index (χ1v) is 8.94. The Labute approximate surface area is 149 Å². The van der Waals surface area contributed by atoms with E-state index in [0.29, 0.717) is 18.5 Å². The van der Waals surface area contributed by atoms with E-state index in [4.69, 9.17) is 5.53 Å². The van der Waals surface area contributed by atoms with Crippen LogP contribution in [0.1, 0.15) is 12.0 Å². The van der Waals surface area contributed by atoms with Crippen molar-refractivity contribution in [1.29, 1.82) is 0 Å². The molecule has 1 fully saturated rings. The Hall–Kier alpha value is -2.49. The summed E-state index contributed by atoms with van der Waals surface area (Å²) in [4.78, 5) is 5.46. The van der Waals surface area contributed by atoms with Gasteiger partial charge in [-0.2, -0.15) is 0 Å². The molecule has 3 rings (SSSR count). The van der Waals surface area contributed by atoms with E-state index in [2.05, 4.69) is 62.7 Å². The maximum atomic E-state index is 8.72. The minimum absolute atomic E-state index is 0.334. The van der Waals surface area contributed by atoms with Gasteiger partial charge in [0.1, 0.15) is 0 Å². The average Bonchev–Trinajstić information content (AvgIpc) is 2.67. The Morgan fingerprint density at radius 2 is 1.80 bits per heavy atom. The highest BCUT2D eigenvalue weighted by molar-refractivity contribution is 5.43.